The van der Waals surface area contributed by atoms with Gasteiger partial charge in [0.1, 0.15) is 12.4 Å². The van der Waals surface area contributed by atoms with Crippen molar-refractivity contribution >= 4 is 29.9 Å². The normalized spacial score (nSPS) is 20.9. The number of amides is 1. The SMILES string of the molecule is C[C@H]1C[C@@H](C(=O)N(C)CCOc2cccc(Cl)c2)CCN1.Cl. The fourth-order valence-electron chi connectivity index (χ4n) is 2.64. The molecule has 1 N–H and O–H groups in total. The lowest BCUT2D eigenvalue weighted by Gasteiger charge is -2.30. The number of nitrogens with zero attached hydrogens (tertiary/aromatic N) is 1. The first-order valence-electron chi connectivity index (χ1n) is 7.43. The first kappa shape index (κ1) is 19.1. The Kier molecular flexibility index (Phi) is 8.01. The standard InChI is InChI=1S/C16H23ClN2O2.ClH/c1-12-10-13(6-7-18-12)16(20)19(2)8-9-21-15-5-3-4-14(17)11-15;/h3-5,11-13,18H,6-10H2,1-2H3;1H/t12-,13-;/m0./s1. The van der Waals surface area contributed by atoms with Gasteiger partial charge in [0, 0.05) is 24.0 Å². The fourth-order valence-corrected chi connectivity index (χ4v) is 2.82. The Morgan fingerprint density at radius 2 is 2.27 bits per heavy atom. The van der Waals surface area contributed by atoms with E-state index in [0.29, 0.717) is 24.2 Å². The zero-order valence-electron chi connectivity index (χ0n) is 13.0. The average Bonchev–Trinajstić information content (AvgIpc) is 2.46. The molecule has 1 amide bonds. The lowest BCUT2D eigenvalue weighted by atomic mass is 9.92. The molecule has 1 aromatic carbocycles. The molecule has 0 aliphatic carbocycles. The van der Waals surface area contributed by atoms with Gasteiger partial charge in [0.25, 0.3) is 0 Å². The van der Waals surface area contributed by atoms with Gasteiger partial charge < -0.3 is 15.0 Å². The number of nitrogens with one attached hydrogen (secondary N) is 1. The van der Waals surface area contributed by atoms with E-state index in [-0.39, 0.29) is 24.2 Å². The zero-order chi connectivity index (χ0) is 15.2. The van der Waals surface area contributed by atoms with Crippen molar-refractivity contribution in [2.75, 3.05) is 26.7 Å². The molecule has 6 heteroatoms. The van der Waals surface area contributed by atoms with Crippen molar-refractivity contribution in [3.63, 3.8) is 0 Å². The van der Waals surface area contributed by atoms with Crippen LogP contribution in [0.1, 0.15) is 19.8 Å². The first-order valence-corrected chi connectivity index (χ1v) is 7.81. The van der Waals surface area contributed by atoms with Crippen molar-refractivity contribution in [3.8, 4) is 5.75 Å². The summed E-state index contributed by atoms with van der Waals surface area (Å²) in [6, 6.07) is 7.72. The van der Waals surface area contributed by atoms with Crippen molar-refractivity contribution in [2.45, 2.75) is 25.8 Å². The third-order valence-electron chi connectivity index (χ3n) is 3.84. The van der Waals surface area contributed by atoms with E-state index in [2.05, 4.69) is 12.2 Å². The predicted molar refractivity (Wildman–Crippen MR) is 92.0 cm³/mol. The minimum atomic E-state index is 0. The molecule has 0 unspecified atom stereocenters. The van der Waals surface area contributed by atoms with Crippen LogP contribution in [0.25, 0.3) is 0 Å². The molecule has 0 radical (unpaired) electrons. The third kappa shape index (κ3) is 5.67. The van der Waals surface area contributed by atoms with Crippen LogP contribution >= 0.6 is 24.0 Å². The lowest BCUT2D eigenvalue weighted by molar-refractivity contribution is -0.135. The molecule has 4 nitrogen and oxygen atoms in total. The molecule has 1 saturated heterocycles. The van der Waals surface area contributed by atoms with Crippen LogP contribution in [0.2, 0.25) is 5.02 Å². The molecule has 1 fully saturated rings. The molecule has 1 heterocycles. The maximum atomic E-state index is 12.4. The highest BCUT2D eigenvalue weighted by atomic mass is 35.5. The minimum absolute atomic E-state index is 0. The summed E-state index contributed by atoms with van der Waals surface area (Å²) in [6.45, 7) is 4.11. The van der Waals surface area contributed by atoms with Gasteiger partial charge in [0.05, 0.1) is 6.54 Å². The van der Waals surface area contributed by atoms with E-state index in [1.807, 2.05) is 25.2 Å². The molecule has 1 aliphatic rings. The largest absolute Gasteiger partial charge is 0.492 e. The maximum absolute atomic E-state index is 12.4. The van der Waals surface area contributed by atoms with Crippen LogP contribution in [0.15, 0.2) is 24.3 Å². The van der Waals surface area contributed by atoms with E-state index in [9.17, 15) is 4.79 Å². The summed E-state index contributed by atoms with van der Waals surface area (Å²) < 4.78 is 5.63. The molecule has 0 saturated carbocycles. The van der Waals surface area contributed by atoms with Gasteiger partial charge in [-0.05, 0) is 44.5 Å². The number of carbonyl (C=O) groups excluding carboxylic acids is 1. The summed E-state index contributed by atoms with van der Waals surface area (Å²) in [6.07, 6.45) is 1.83. The van der Waals surface area contributed by atoms with Crippen LogP contribution in [0.4, 0.5) is 0 Å². The Balaban J connectivity index is 0.00000242. The van der Waals surface area contributed by atoms with Crippen molar-refractivity contribution in [1.29, 1.82) is 0 Å². The lowest BCUT2D eigenvalue weighted by Crippen LogP contribution is -2.43. The highest BCUT2D eigenvalue weighted by Crippen LogP contribution is 2.19. The second kappa shape index (κ2) is 9.23. The van der Waals surface area contributed by atoms with E-state index in [1.54, 1.807) is 11.0 Å². The summed E-state index contributed by atoms with van der Waals surface area (Å²) in [4.78, 5) is 14.1. The highest BCUT2D eigenvalue weighted by molar-refractivity contribution is 6.30. The van der Waals surface area contributed by atoms with Gasteiger partial charge in [-0.2, -0.15) is 0 Å². The number of likely N-dealkylation sites (N-methyl/N-ethyl adjacent to an activating group) is 1. The summed E-state index contributed by atoms with van der Waals surface area (Å²) in [5.41, 5.74) is 0. The van der Waals surface area contributed by atoms with Gasteiger partial charge in [-0.25, -0.2) is 0 Å². The molecule has 0 bridgehead atoms. The van der Waals surface area contributed by atoms with E-state index in [4.69, 9.17) is 16.3 Å². The number of carbonyl (C=O) groups is 1. The van der Waals surface area contributed by atoms with Gasteiger partial charge in [-0.1, -0.05) is 17.7 Å². The highest BCUT2D eigenvalue weighted by Gasteiger charge is 2.26. The number of ether oxygens (including phenoxy) is 1. The van der Waals surface area contributed by atoms with Crippen LogP contribution in [-0.4, -0.2) is 43.6 Å². The van der Waals surface area contributed by atoms with Gasteiger partial charge in [-0.15, -0.1) is 12.4 Å². The summed E-state index contributed by atoms with van der Waals surface area (Å²) in [7, 11) is 1.84. The molecule has 1 aliphatic heterocycles. The summed E-state index contributed by atoms with van der Waals surface area (Å²) >= 11 is 5.90. The van der Waals surface area contributed by atoms with Crippen LogP contribution in [0.3, 0.4) is 0 Å². The average molecular weight is 347 g/mol. The fraction of sp³-hybridized carbons (Fsp3) is 0.562. The van der Waals surface area contributed by atoms with Crippen LogP contribution < -0.4 is 10.1 Å². The smallest absolute Gasteiger partial charge is 0.225 e. The molecule has 2 atom stereocenters. The Morgan fingerprint density at radius 3 is 2.95 bits per heavy atom. The van der Waals surface area contributed by atoms with Gasteiger partial charge >= 0.3 is 0 Å². The van der Waals surface area contributed by atoms with E-state index in [0.717, 1.165) is 25.1 Å². The van der Waals surface area contributed by atoms with Crippen molar-refractivity contribution in [2.24, 2.45) is 5.92 Å². The van der Waals surface area contributed by atoms with E-state index < -0.39 is 0 Å². The van der Waals surface area contributed by atoms with Gasteiger partial charge in [-0.3, -0.25) is 4.79 Å². The third-order valence-corrected chi connectivity index (χ3v) is 4.08. The summed E-state index contributed by atoms with van der Waals surface area (Å²) in [5.74, 6) is 1.09. The number of rotatable bonds is 5. The monoisotopic (exact) mass is 346 g/mol. The quantitative estimate of drug-likeness (QED) is 0.890. The van der Waals surface area contributed by atoms with Gasteiger partial charge in [0.2, 0.25) is 5.91 Å². The second-order valence-electron chi connectivity index (χ2n) is 5.64. The van der Waals surface area contributed by atoms with Crippen LogP contribution in [0.5, 0.6) is 5.75 Å². The van der Waals surface area contributed by atoms with Crippen molar-refractivity contribution in [3.05, 3.63) is 29.3 Å². The predicted octanol–water partition coefficient (Wildman–Crippen LogP) is 2.99. The molecular formula is C16H24Cl2N2O2. The number of hydrogen-bond acceptors (Lipinski definition) is 3. The Bertz CT molecular complexity index is 485. The molecule has 0 spiro atoms. The van der Waals surface area contributed by atoms with Crippen molar-refractivity contribution < 1.29 is 9.53 Å². The Hall–Kier alpha value is -0.970. The topological polar surface area (TPSA) is 41.6 Å². The Labute approximate surface area is 143 Å². The number of halogens is 2. The number of benzene rings is 1. The summed E-state index contributed by atoms with van der Waals surface area (Å²) in [5, 5.41) is 4.02. The van der Waals surface area contributed by atoms with E-state index >= 15 is 0 Å². The van der Waals surface area contributed by atoms with Gasteiger partial charge in [0.15, 0.2) is 0 Å². The van der Waals surface area contributed by atoms with Crippen molar-refractivity contribution in [1.82, 2.24) is 10.2 Å². The Morgan fingerprint density at radius 1 is 1.50 bits per heavy atom. The zero-order valence-corrected chi connectivity index (χ0v) is 14.6. The molecule has 2 rings (SSSR count). The molecule has 124 valence electrons. The maximum Gasteiger partial charge on any atom is 0.225 e. The second-order valence-corrected chi connectivity index (χ2v) is 6.08. The first-order chi connectivity index (χ1) is 10.1. The number of piperidine rings is 1. The van der Waals surface area contributed by atoms with Crippen LogP contribution in [-0.2, 0) is 4.79 Å². The molecular weight excluding hydrogens is 323 g/mol. The van der Waals surface area contributed by atoms with Crippen LogP contribution in [0, 0.1) is 5.92 Å². The van der Waals surface area contributed by atoms with E-state index in [1.165, 1.54) is 0 Å². The molecule has 1 aromatic rings. The minimum Gasteiger partial charge on any atom is -0.492 e. The molecule has 22 heavy (non-hydrogen) atoms. The number of hydrogen-bond donors (Lipinski definition) is 1. The molecule has 0 aromatic heterocycles.